The molecule has 11 nitrogen and oxygen atoms in total. The van der Waals surface area contributed by atoms with E-state index < -0.39 is 6.10 Å². The molecular formula is C35H43N7O4. The number of hydrogen-bond donors (Lipinski definition) is 2. The number of fused-ring (bicyclic) bond motifs is 2. The monoisotopic (exact) mass is 625 g/mol. The molecule has 1 aromatic heterocycles. The van der Waals surface area contributed by atoms with E-state index in [9.17, 15) is 20.3 Å². The predicted molar refractivity (Wildman–Crippen MR) is 177 cm³/mol. The highest BCUT2D eigenvalue weighted by Crippen LogP contribution is 2.37. The summed E-state index contributed by atoms with van der Waals surface area (Å²) in [5.74, 6) is 0.825. The molecular weight excluding hydrogens is 582 g/mol. The average molecular weight is 626 g/mol. The Labute approximate surface area is 270 Å². The van der Waals surface area contributed by atoms with E-state index in [0.29, 0.717) is 64.2 Å². The number of likely N-dealkylation sites (N-methyl/N-ethyl adjacent to an activating group) is 1. The molecule has 2 aromatic carbocycles. The van der Waals surface area contributed by atoms with Crippen molar-refractivity contribution in [3.63, 3.8) is 0 Å². The van der Waals surface area contributed by atoms with Gasteiger partial charge < -0.3 is 34.5 Å². The van der Waals surface area contributed by atoms with Gasteiger partial charge in [0.05, 0.1) is 36.9 Å². The Balaban J connectivity index is 1.30. The molecule has 2 N–H and O–H groups in total. The topological polar surface area (TPSA) is 129 Å². The first-order chi connectivity index (χ1) is 22.3. The highest BCUT2D eigenvalue weighted by atomic mass is 16.5. The molecule has 1 amide bonds. The summed E-state index contributed by atoms with van der Waals surface area (Å²) in [4.78, 5) is 31.5. The number of phenolic OH excluding ortho intramolecular Hbond substituents is 1. The zero-order valence-corrected chi connectivity index (χ0v) is 26.7. The molecule has 2 fully saturated rings. The van der Waals surface area contributed by atoms with Gasteiger partial charge in [-0.3, -0.25) is 4.79 Å². The van der Waals surface area contributed by atoms with Crippen LogP contribution in [0.5, 0.6) is 11.8 Å². The van der Waals surface area contributed by atoms with Crippen LogP contribution in [-0.4, -0.2) is 100 Å². The first-order valence-corrected chi connectivity index (χ1v) is 16.3. The first kappa shape index (κ1) is 31.6. The number of amides is 1. The molecule has 0 radical (unpaired) electrons. The molecule has 0 spiro atoms. The lowest BCUT2D eigenvalue weighted by atomic mass is 10.0. The molecule has 3 atom stereocenters. The molecule has 6 rings (SSSR count). The maximum atomic E-state index is 13.1. The summed E-state index contributed by atoms with van der Waals surface area (Å²) in [6, 6.07) is 14.3. The molecule has 0 bridgehead atoms. The normalized spacial score (nSPS) is 21.0. The lowest BCUT2D eigenvalue weighted by Crippen LogP contribution is -2.55. The van der Waals surface area contributed by atoms with Gasteiger partial charge in [0, 0.05) is 61.0 Å². The number of rotatable bonds is 9. The number of aromatic nitrogens is 2. The van der Waals surface area contributed by atoms with Crippen LogP contribution in [0.2, 0.25) is 0 Å². The number of benzene rings is 2. The van der Waals surface area contributed by atoms with Crippen LogP contribution in [0.1, 0.15) is 43.9 Å². The third-order valence-corrected chi connectivity index (χ3v) is 9.54. The number of aromatic hydroxyl groups is 1. The molecule has 3 aliphatic rings. The van der Waals surface area contributed by atoms with Crippen molar-refractivity contribution >= 4 is 28.2 Å². The highest BCUT2D eigenvalue weighted by molar-refractivity contribution is 5.95. The van der Waals surface area contributed by atoms with Crippen molar-refractivity contribution in [2.45, 2.75) is 63.8 Å². The number of aliphatic hydroxyl groups excluding tert-OH is 1. The Kier molecular flexibility index (Phi) is 9.56. The molecule has 4 heterocycles. The van der Waals surface area contributed by atoms with Crippen LogP contribution in [0.4, 0.5) is 11.5 Å². The molecule has 3 aromatic rings. The van der Waals surface area contributed by atoms with Crippen molar-refractivity contribution in [2.24, 2.45) is 0 Å². The molecule has 3 aliphatic heterocycles. The number of aliphatic hydroxyl groups is 1. The SMILES string of the molecule is CCC(O)/C=C/C(=O)N1CCN(c2nc(OC[C@@H]3CCCN3C)nc3c2CCN(c2cc(O)cc4ccccc24)C3)C[C@@H]1CC#N. The molecule has 2 saturated heterocycles. The fourth-order valence-electron chi connectivity index (χ4n) is 6.86. The molecule has 46 heavy (non-hydrogen) atoms. The smallest absolute Gasteiger partial charge is 0.318 e. The van der Waals surface area contributed by atoms with Crippen LogP contribution >= 0.6 is 0 Å². The van der Waals surface area contributed by atoms with Gasteiger partial charge in [0.15, 0.2) is 0 Å². The third kappa shape index (κ3) is 6.73. The lowest BCUT2D eigenvalue weighted by molar-refractivity contribution is -0.128. The maximum absolute atomic E-state index is 13.1. The maximum Gasteiger partial charge on any atom is 0.318 e. The van der Waals surface area contributed by atoms with Crippen LogP contribution in [0.15, 0.2) is 48.6 Å². The number of carbonyl (C=O) groups is 1. The number of phenols is 1. The number of nitrogens with zero attached hydrogens (tertiary/aromatic N) is 7. The van der Waals surface area contributed by atoms with Gasteiger partial charge in [-0.15, -0.1) is 0 Å². The number of piperazine rings is 1. The summed E-state index contributed by atoms with van der Waals surface area (Å²) in [7, 11) is 2.12. The van der Waals surface area contributed by atoms with Gasteiger partial charge in [-0.25, -0.2) is 0 Å². The van der Waals surface area contributed by atoms with Crippen LogP contribution < -0.4 is 14.5 Å². The Morgan fingerprint density at radius 1 is 1.15 bits per heavy atom. The van der Waals surface area contributed by atoms with E-state index in [1.165, 1.54) is 12.2 Å². The fraction of sp³-hybridized carbons (Fsp3) is 0.486. The van der Waals surface area contributed by atoms with Crippen molar-refractivity contribution in [1.29, 1.82) is 5.26 Å². The number of ether oxygens (including phenoxy) is 1. The highest BCUT2D eigenvalue weighted by Gasteiger charge is 2.34. The van der Waals surface area contributed by atoms with Gasteiger partial charge >= 0.3 is 6.01 Å². The van der Waals surface area contributed by atoms with Crippen LogP contribution in [-0.2, 0) is 17.8 Å². The Bertz CT molecular complexity index is 1640. The van der Waals surface area contributed by atoms with E-state index in [-0.39, 0.29) is 24.1 Å². The van der Waals surface area contributed by atoms with E-state index in [1.807, 2.05) is 31.2 Å². The number of nitriles is 1. The van der Waals surface area contributed by atoms with Crippen molar-refractivity contribution in [3.8, 4) is 17.8 Å². The summed E-state index contributed by atoms with van der Waals surface area (Å²) >= 11 is 0. The van der Waals surface area contributed by atoms with Gasteiger partial charge in [-0.2, -0.15) is 15.2 Å². The van der Waals surface area contributed by atoms with Crippen molar-refractivity contribution < 1.29 is 19.7 Å². The Hall–Kier alpha value is -4.40. The Morgan fingerprint density at radius 3 is 2.78 bits per heavy atom. The van der Waals surface area contributed by atoms with Crippen molar-refractivity contribution in [3.05, 3.63) is 59.8 Å². The second-order valence-corrected chi connectivity index (χ2v) is 12.5. The Morgan fingerprint density at radius 2 is 2.00 bits per heavy atom. The van der Waals surface area contributed by atoms with Gasteiger partial charge in [0.2, 0.25) is 5.91 Å². The minimum atomic E-state index is -0.674. The second kappa shape index (κ2) is 13.9. The van der Waals surface area contributed by atoms with E-state index in [4.69, 9.17) is 14.7 Å². The molecule has 0 saturated carbocycles. The van der Waals surface area contributed by atoms with E-state index >= 15 is 0 Å². The molecule has 11 heteroatoms. The number of carbonyl (C=O) groups excluding carboxylic acids is 1. The molecule has 0 aliphatic carbocycles. The first-order valence-electron chi connectivity index (χ1n) is 16.3. The summed E-state index contributed by atoms with van der Waals surface area (Å²) in [5.41, 5.74) is 2.89. The average Bonchev–Trinajstić information content (AvgIpc) is 3.49. The van der Waals surface area contributed by atoms with Gasteiger partial charge in [0.25, 0.3) is 0 Å². The second-order valence-electron chi connectivity index (χ2n) is 12.5. The number of anilines is 2. The van der Waals surface area contributed by atoms with Gasteiger partial charge in [-0.1, -0.05) is 37.3 Å². The fourth-order valence-corrected chi connectivity index (χ4v) is 6.86. The molecule has 1 unspecified atom stereocenters. The van der Waals surface area contributed by atoms with Gasteiger partial charge in [-0.05, 0) is 50.7 Å². The summed E-state index contributed by atoms with van der Waals surface area (Å²) in [6.07, 6.45) is 5.89. The minimum absolute atomic E-state index is 0.190. The minimum Gasteiger partial charge on any atom is -0.508 e. The van der Waals surface area contributed by atoms with E-state index in [1.54, 1.807) is 11.0 Å². The zero-order valence-electron chi connectivity index (χ0n) is 26.7. The summed E-state index contributed by atoms with van der Waals surface area (Å²) < 4.78 is 6.29. The van der Waals surface area contributed by atoms with Crippen molar-refractivity contribution in [1.82, 2.24) is 19.8 Å². The number of likely N-dealkylation sites (tertiary alicyclic amines) is 1. The molecule has 242 valence electrons. The van der Waals surface area contributed by atoms with E-state index in [2.05, 4.69) is 33.9 Å². The van der Waals surface area contributed by atoms with Crippen LogP contribution in [0.3, 0.4) is 0 Å². The van der Waals surface area contributed by atoms with Gasteiger partial charge in [0.1, 0.15) is 18.2 Å². The predicted octanol–water partition coefficient (Wildman–Crippen LogP) is 3.63. The largest absolute Gasteiger partial charge is 0.508 e. The quantitative estimate of drug-likeness (QED) is 0.340. The van der Waals surface area contributed by atoms with Crippen LogP contribution in [0, 0.1) is 11.3 Å². The van der Waals surface area contributed by atoms with E-state index in [0.717, 1.165) is 52.9 Å². The third-order valence-electron chi connectivity index (χ3n) is 9.54. The van der Waals surface area contributed by atoms with Crippen LogP contribution in [0.25, 0.3) is 10.8 Å². The zero-order chi connectivity index (χ0) is 32.2. The summed E-state index contributed by atoms with van der Waals surface area (Å²) in [6.45, 7) is 6.09. The lowest BCUT2D eigenvalue weighted by Gasteiger charge is -2.42. The van der Waals surface area contributed by atoms with Crippen molar-refractivity contribution in [2.75, 3.05) is 56.2 Å². The number of hydrogen-bond acceptors (Lipinski definition) is 10. The summed E-state index contributed by atoms with van der Waals surface area (Å²) in [5, 5.41) is 32.2. The standard InChI is InChI=1S/C35H43N7O4/c1-3-27(43)10-11-33(45)42-18-17-41(21-25(42)12-14-36)34-30-13-16-40(32-20-28(44)19-24-7-4-5-9-29(24)32)22-31(30)37-35(38-34)46-23-26-8-6-15-39(26)2/h4-5,7,9-11,19-20,25-27,43-44H,3,6,8,12-13,15-18,21-23H2,1-2H3/b11-10+/t25-,26-,27?/m0/s1.